The van der Waals surface area contributed by atoms with Crippen LogP contribution in [0, 0.1) is 0 Å². The van der Waals surface area contributed by atoms with E-state index in [1.807, 2.05) is 31.9 Å². The van der Waals surface area contributed by atoms with Gasteiger partial charge in [0, 0.05) is 8.41 Å². The molecule has 0 aromatic rings. The second-order valence-electron chi connectivity index (χ2n) is 8.49. The minimum Gasteiger partial charge on any atom is -0.324 e. The maximum atomic E-state index is 12.6. The molecule has 0 spiro atoms. The largest absolute Gasteiger partial charge is 0.353 e. The van der Waals surface area contributed by atoms with Gasteiger partial charge >= 0.3 is 60.8 Å². The van der Waals surface area contributed by atoms with E-state index in [0.717, 1.165) is 0 Å². The van der Waals surface area contributed by atoms with Gasteiger partial charge in [0.15, 0.2) is 2.97 Å². The van der Waals surface area contributed by atoms with Crippen LogP contribution in [0.2, 0.25) is 0 Å². The normalized spacial score (nSPS) is 19.5. The highest BCUT2D eigenvalue weighted by molar-refractivity contribution is 9.27. The third-order valence-electron chi connectivity index (χ3n) is 5.28. The molecule has 0 aromatic carbocycles. The predicted molar refractivity (Wildman–Crippen MR) is 150 cm³/mol. The molecule has 24 nitrogen and oxygen atoms in total. The van der Waals surface area contributed by atoms with Gasteiger partial charge in [-0.3, -0.25) is 36.5 Å². The van der Waals surface area contributed by atoms with Gasteiger partial charge in [0.25, 0.3) is 0 Å². The minimum absolute atomic E-state index is 0. The van der Waals surface area contributed by atoms with Gasteiger partial charge in [-0.15, -0.1) is 0 Å². The number of hydrogen-bond acceptors (Lipinski definition) is 8. The Hall–Kier alpha value is 2.22. The summed E-state index contributed by atoms with van der Waals surface area (Å²) in [6.07, 6.45) is -2.41. The van der Waals surface area contributed by atoms with Gasteiger partial charge in [-0.1, -0.05) is 31.9 Å². The first-order chi connectivity index (χ1) is 17.7. The molecule has 0 rings (SSSR count). The Morgan fingerprint density at radius 1 is 0.442 bits per heavy atom. The highest BCUT2D eigenvalue weighted by Gasteiger charge is 2.71. The average molecular weight is 923 g/mol. The van der Waals surface area contributed by atoms with Crippen molar-refractivity contribution in [2.24, 2.45) is 0 Å². The van der Waals surface area contributed by atoms with Crippen molar-refractivity contribution in [3.8, 4) is 0 Å². The van der Waals surface area contributed by atoms with Crippen LogP contribution in [0.25, 0.3) is 0 Å². The van der Waals surface area contributed by atoms with Crippen LogP contribution in [-0.4, -0.2) is 130 Å². The molecule has 0 bridgehead atoms. The van der Waals surface area contributed by atoms with Crippen LogP contribution in [0.3, 0.4) is 0 Å². The average Bonchev–Trinajstić information content (AvgIpc) is 2.57. The van der Waals surface area contributed by atoms with E-state index in [1.165, 1.54) is 0 Å². The third-order valence-corrected chi connectivity index (χ3v) is 21.8. The molecule has 0 fully saturated rings. The molecule has 257 valence electrons. The van der Waals surface area contributed by atoms with Crippen molar-refractivity contribution >= 4 is 101 Å². The monoisotopic (exact) mass is 921 g/mol. The Labute approximate surface area is 258 Å². The Balaban J connectivity index is 0. The van der Waals surface area contributed by atoms with Crippen LogP contribution >= 0.6 is 92.6 Å². The van der Waals surface area contributed by atoms with Crippen molar-refractivity contribution in [1.82, 2.24) is 0 Å². The standard InChI is InChI=1S/C8H24Br2O24P8.B/c9-8(10,42(32,33)34)7(41(29,30)31)6(40(26,27)28)5(39(23,24)25)4(38(20,21)22)3(37(17,18)19)2(36(14,15)16)1-35(11,12)13;/h2-7H,1H2,(H2,11,12,13)(H2,14,15,16)(H2,17,18,19)(H2,20,21,22)(H2,23,24,25)(H2,26,27,28)(H2,29,30,31)(H2,32,33,34);. The van der Waals surface area contributed by atoms with Crippen molar-refractivity contribution in [3.05, 3.63) is 0 Å². The lowest BCUT2D eigenvalue weighted by Gasteiger charge is -2.45. The van der Waals surface area contributed by atoms with Crippen LogP contribution in [0.5, 0.6) is 0 Å². The predicted octanol–water partition coefficient (Wildman–Crippen LogP) is -2.32. The van der Waals surface area contributed by atoms with Crippen molar-refractivity contribution in [2.45, 2.75) is 36.9 Å². The second kappa shape index (κ2) is 14.6. The molecule has 35 heteroatoms. The maximum absolute atomic E-state index is 12.6. The minimum atomic E-state index is -7.01. The van der Waals surface area contributed by atoms with Crippen LogP contribution in [-0.2, 0) is 36.5 Å². The molecule has 0 saturated carbocycles. The van der Waals surface area contributed by atoms with Gasteiger partial charge in [0.1, 0.15) is 5.66 Å². The fourth-order valence-electron chi connectivity index (χ4n) is 3.86. The molecule has 0 aliphatic heterocycles. The summed E-state index contributed by atoms with van der Waals surface area (Å²) < 4.78 is 94.4. The Morgan fingerprint density at radius 2 is 0.721 bits per heavy atom. The summed E-state index contributed by atoms with van der Waals surface area (Å²) in [7, 11) is -53.1. The molecule has 6 unspecified atom stereocenters. The molecule has 6 atom stereocenters. The van der Waals surface area contributed by atoms with Gasteiger partial charge in [0.2, 0.25) is 0 Å². The fraction of sp³-hybridized carbons (Fsp3) is 1.00. The van der Waals surface area contributed by atoms with E-state index < -0.39 is 104 Å². The zero-order valence-corrected chi connectivity index (χ0v) is 30.3. The Kier molecular flexibility index (Phi) is 16.1. The van der Waals surface area contributed by atoms with Crippen LogP contribution in [0.1, 0.15) is 0 Å². The summed E-state index contributed by atoms with van der Waals surface area (Å²) in [6.45, 7) is 0. The number of hydrogen-bond donors (Lipinski definition) is 16. The number of halogens is 2. The molecule has 3 radical (unpaired) electrons. The number of alkyl halides is 2. The van der Waals surface area contributed by atoms with Crippen LogP contribution < -0.4 is 0 Å². The molecule has 0 amide bonds. The van der Waals surface area contributed by atoms with E-state index in [0.29, 0.717) is 0 Å². The summed E-state index contributed by atoms with van der Waals surface area (Å²) in [5.41, 5.74) is -24.4. The molecule has 0 heterocycles. The van der Waals surface area contributed by atoms with Crippen LogP contribution in [0.4, 0.5) is 0 Å². The van der Waals surface area contributed by atoms with Crippen molar-refractivity contribution < 1.29 is 115 Å². The fourth-order valence-corrected chi connectivity index (χ4v) is 22.3. The Morgan fingerprint density at radius 3 is 0.907 bits per heavy atom. The van der Waals surface area contributed by atoms with E-state index in [9.17, 15) is 115 Å². The number of rotatable bonds is 15. The highest BCUT2D eigenvalue weighted by atomic mass is 79.9. The lowest BCUT2D eigenvalue weighted by atomic mass is 10.1. The SMILES string of the molecule is O=P(O)(O)CC(C(C(C(C(C(C(Br)(Br)P(=O)(O)O)P(=O)(O)O)P(=O)(O)O)P(=O)(O)O)P(=O)(O)O)P(=O)(O)O)P(=O)(O)O.[B]. The molecule has 16 N–H and O–H groups in total. The van der Waals surface area contributed by atoms with Crippen LogP contribution in [0.15, 0.2) is 0 Å². The van der Waals surface area contributed by atoms with E-state index in [-0.39, 0.29) is 8.41 Å². The zero-order valence-electron chi connectivity index (χ0n) is 20.0. The van der Waals surface area contributed by atoms with E-state index in [1.54, 1.807) is 0 Å². The van der Waals surface area contributed by atoms with Gasteiger partial charge in [-0.25, -0.2) is 0 Å². The highest BCUT2D eigenvalue weighted by Crippen LogP contribution is 2.76. The topological polar surface area (TPSA) is 460 Å². The van der Waals surface area contributed by atoms with E-state index >= 15 is 0 Å². The molecule has 0 aliphatic carbocycles. The Bertz CT molecular complexity index is 1380. The van der Waals surface area contributed by atoms with Crippen molar-refractivity contribution in [3.63, 3.8) is 0 Å². The maximum Gasteiger partial charge on any atom is 0.353 e. The van der Waals surface area contributed by atoms with E-state index in [4.69, 9.17) is 0 Å². The molecule has 0 aliphatic rings. The molecular weight excluding hydrogens is 898 g/mol. The van der Waals surface area contributed by atoms with Crippen molar-refractivity contribution in [2.75, 3.05) is 6.16 Å². The van der Waals surface area contributed by atoms with Gasteiger partial charge < -0.3 is 78.3 Å². The van der Waals surface area contributed by atoms with Gasteiger partial charge in [0.05, 0.1) is 34.5 Å². The second-order valence-corrected chi connectivity index (χ2v) is 27.4. The van der Waals surface area contributed by atoms with Crippen molar-refractivity contribution in [1.29, 1.82) is 0 Å². The summed E-state index contributed by atoms with van der Waals surface area (Å²) in [5, 5.41) is 0. The summed E-state index contributed by atoms with van der Waals surface area (Å²) in [6, 6.07) is 0. The first kappa shape index (κ1) is 47.3. The quantitative estimate of drug-likeness (QED) is 0.0466. The smallest absolute Gasteiger partial charge is 0.324 e. The zero-order chi connectivity index (χ0) is 34.7. The lowest BCUT2D eigenvalue weighted by Crippen LogP contribution is -2.54. The third kappa shape index (κ3) is 12.9. The summed E-state index contributed by atoms with van der Waals surface area (Å²) in [4.78, 5) is 156. The van der Waals surface area contributed by atoms with Gasteiger partial charge in [-0.2, -0.15) is 0 Å². The summed E-state index contributed by atoms with van der Waals surface area (Å²) in [5.74, 6) is 0. The molecule has 0 aromatic heterocycles. The van der Waals surface area contributed by atoms with Gasteiger partial charge in [-0.05, 0) is 0 Å². The van der Waals surface area contributed by atoms with E-state index in [2.05, 4.69) is 0 Å². The molecular formula is C8H24BBr2O24P8. The summed E-state index contributed by atoms with van der Waals surface area (Å²) >= 11 is 4.00. The lowest BCUT2D eigenvalue weighted by molar-refractivity contribution is 0.278. The molecule has 0 saturated heterocycles. The first-order valence-corrected chi connectivity index (χ1v) is 24.6. The first-order valence-electron chi connectivity index (χ1n) is 9.49. The molecule has 43 heavy (non-hydrogen) atoms.